The summed E-state index contributed by atoms with van der Waals surface area (Å²) in [5.74, 6) is 0.545. The van der Waals surface area contributed by atoms with Gasteiger partial charge in [-0.3, -0.25) is 10.00 Å². The third-order valence-corrected chi connectivity index (χ3v) is 4.12. The molecule has 6 heteroatoms. The molecule has 0 aromatic carbocycles. The van der Waals surface area contributed by atoms with E-state index in [2.05, 4.69) is 29.6 Å². The Morgan fingerprint density at radius 1 is 1.45 bits per heavy atom. The molecule has 20 heavy (non-hydrogen) atoms. The average Bonchev–Trinajstić information content (AvgIpc) is 2.73. The van der Waals surface area contributed by atoms with Crippen molar-refractivity contribution in [3.05, 3.63) is 11.8 Å². The van der Waals surface area contributed by atoms with Crippen molar-refractivity contribution in [2.45, 2.75) is 40.0 Å². The van der Waals surface area contributed by atoms with Crippen molar-refractivity contribution in [1.82, 2.24) is 15.1 Å². The average molecular weight is 282 g/mol. The summed E-state index contributed by atoms with van der Waals surface area (Å²) >= 11 is 0. The highest BCUT2D eigenvalue weighted by Crippen LogP contribution is 2.29. The van der Waals surface area contributed by atoms with Crippen LogP contribution in [0, 0.1) is 12.3 Å². The molecule has 0 saturated carbocycles. The van der Waals surface area contributed by atoms with Crippen LogP contribution in [0.15, 0.2) is 6.07 Å². The second-order valence-electron chi connectivity index (χ2n) is 5.28. The van der Waals surface area contributed by atoms with Gasteiger partial charge in [0, 0.05) is 32.0 Å². The van der Waals surface area contributed by atoms with Crippen LogP contribution in [0.4, 0.5) is 10.6 Å². The summed E-state index contributed by atoms with van der Waals surface area (Å²) in [5.41, 5.74) is 0.948. The summed E-state index contributed by atoms with van der Waals surface area (Å²) in [7, 11) is 1.83. The number of carbonyl (C=O) groups excluding carboxylic acids is 1. The number of aryl methyl sites for hydroxylation is 2. The molecule has 0 bridgehead atoms. The maximum Gasteiger partial charge on any atom is 0.320 e. The second kappa shape index (κ2) is 7.28. The number of urea groups is 1. The van der Waals surface area contributed by atoms with Gasteiger partial charge in [0.1, 0.15) is 0 Å². The number of hydrogen-bond acceptors (Lipinski definition) is 3. The van der Waals surface area contributed by atoms with E-state index in [0.29, 0.717) is 18.8 Å². The van der Waals surface area contributed by atoms with E-state index in [4.69, 9.17) is 5.11 Å². The van der Waals surface area contributed by atoms with Crippen molar-refractivity contribution in [2.75, 3.05) is 18.5 Å². The van der Waals surface area contributed by atoms with Crippen molar-refractivity contribution in [2.24, 2.45) is 12.5 Å². The molecule has 0 atom stereocenters. The Kier molecular flexibility index (Phi) is 6.01. The number of hydrogen-bond donors (Lipinski definition) is 3. The molecule has 0 aliphatic rings. The molecule has 1 heterocycles. The fourth-order valence-electron chi connectivity index (χ4n) is 2.23. The highest BCUT2D eigenvalue weighted by molar-refractivity contribution is 5.88. The highest BCUT2D eigenvalue weighted by Gasteiger charge is 2.26. The van der Waals surface area contributed by atoms with Crippen LogP contribution in [0.5, 0.6) is 0 Å². The molecular formula is C14H26N4O2. The molecule has 0 spiro atoms. The number of nitrogens with zero attached hydrogens (tertiary/aromatic N) is 2. The first-order valence-corrected chi connectivity index (χ1v) is 7.12. The lowest BCUT2D eigenvalue weighted by molar-refractivity contribution is 0.165. The molecular weight excluding hydrogens is 256 g/mol. The Morgan fingerprint density at radius 2 is 2.10 bits per heavy atom. The first-order chi connectivity index (χ1) is 9.46. The summed E-state index contributed by atoms with van der Waals surface area (Å²) in [6.45, 7) is 6.79. The van der Waals surface area contributed by atoms with E-state index in [1.165, 1.54) is 0 Å². The second-order valence-corrected chi connectivity index (χ2v) is 5.28. The van der Waals surface area contributed by atoms with E-state index in [9.17, 15) is 4.79 Å². The maximum absolute atomic E-state index is 11.9. The monoisotopic (exact) mass is 282 g/mol. The predicted molar refractivity (Wildman–Crippen MR) is 79.7 cm³/mol. The first-order valence-electron chi connectivity index (χ1n) is 7.12. The van der Waals surface area contributed by atoms with Gasteiger partial charge in [-0.25, -0.2) is 4.79 Å². The largest absolute Gasteiger partial charge is 0.396 e. The van der Waals surface area contributed by atoms with E-state index in [-0.39, 0.29) is 18.1 Å². The lowest BCUT2D eigenvalue weighted by Gasteiger charge is -2.31. The fraction of sp³-hybridized carbons (Fsp3) is 0.714. The van der Waals surface area contributed by atoms with E-state index < -0.39 is 0 Å². The predicted octanol–water partition coefficient (Wildman–Crippen LogP) is 2.04. The number of anilines is 1. The van der Waals surface area contributed by atoms with Crippen LogP contribution in [0.1, 0.15) is 38.8 Å². The Balaban J connectivity index is 2.53. The summed E-state index contributed by atoms with van der Waals surface area (Å²) < 4.78 is 1.71. The number of aliphatic hydroxyl groups is 1. The van der Waals surface area contributed by atoms with Crippen LogP contribution < -0.4 is 10.6 Å². The molecule has 1 aromatic rings. The lowest BCUT2D eigenvalue weighted by atomic mass is 9.79. The van der Waals surface area contributed by atoms with Gasteiger partial charge in [0.2, 0.25) is 0 Å². The van der Waals surface area contributed by atoms with Crippen LogP contribution in [0.3, 0.4) is 0 Å². The minimum absolute atomic E-state index is 0.0356. The summed E-state index contributed by atoms with van der Waals surface area (Å²) in [6.07, 6.45) is 2.54. The number of aliphatic hydroxyl groups excluding tert-OH is 1. The Morgan fingerprint density at radius 3 is 2.55 bits per heavy atom. The van der Waals surface area contributed by atoms with E-state index in [0.717, 1.165) is 18.5 Å². The maximum atomic E-state index is 11.9. The summed E-state index contributed by atoms with van der Waals surface area (Å²) in [5, 5.41) is 18.9. The number of nitrogens with one attached hydrogen (secondary N) is 2. The standard InChI is InChI=1S/C14H26N4O2/c1-5-14(6-2,7-8-19)10-15-13(20)16-12-9-11(3)18(4)17-12/h9,19H,5-8,10H2,1-4H3,(H2,15,16,17,20). The van der Waals surface area contributed by atoms with Gasteiger partial charge < -0.3 is 10.4 Å². The normalized spacial score (nSPS) is 11.4. The van der Waals surface area contributed by atoms with Crippen LogP contribution >= 0.6 is 0 Å². The third kappa shape index (κ3) is 4.23. The Bertz CT molecular complexity index is 419. The topological polar surface area (TPSA) is 79.2 Å². The molecule has 0 unspecified atom stereocenters. The van der Waals surface area contributed by atoms with Crippen molar-refractivity contribution in [3.8, 4) is 0 Å². The molecule has 1 rings (SSSR count). The highest BCUT2D eigenvalue weighted by atomic mass is 16.3. The van der Waals surface area contributed by atoms with E-state index in [1.54, 1.807) is 4.68 Å². The zero-order valence-electron chi connectivity index (χ0n) is 12.9. The Hall–Kier alpha value is -1.56. The van der Waals surface area contributed by atoms with Crippen LogP contribution in [0.2, 0.25) is 0 Å². The SMILES string of the molecule is CCC(CC)(CCO)CNC(=O)Nc1cc(C)n(C)n1. The quantitative estimate of drug-likeness (QED) is 0.716. The Labute approximate surface area is 120 Å². The number of aromatic nitrogens is 2. The van der Waals surface area contributed by atoms with Crippen molar-refractivity contribution < 1.29 is 9.90 Å². The van der Waals surface area contributed by atoms with Crippen molar-refractivity contribution in [1.29, 1.82) is 0 Å². The van der Waals surface area contributed by atoms with Gasteiger partial charge in [-0.2, -0.15) is 5.10 Å². The van der Waals surface area contributed by atoms with Gasteiger partial charge in [0.05, 0.1) is 0 Å². The van der Waals surface area contributed by atoms with Gasteiger partial charge in [0.15, 0.2) is 5.82 Å². The molecule has 6 nitrogen and oxygen atoms in total. The van der Waals surface area contributed by atoms with Gasteiger partial charge in [-0.1, -0.05) is 13.8 Å². The van der Waals surface area contributed by atoms with Gasteiger partial charge >= 0.3 is 6.03 Å². The van der Waals surface area contributed by atoms with E-state index in [1.807, 2.05) is 20.0 Å². The number of amides is 2. The molecule has 0 saturated heterocycles. The van der Waals surface area contributed by atoms with Crippen LogP contribution in [-0.2, 0) is 7.05 Å². The number of carbonyl (C=O) groups is 1. The van der Waals surface area contributed by atoms with Gasteiger partial charge in [-0.05, 0) is 31.6 Å². The number of rotatable bonds is 7. The lowest BCUT2D eigenvalue weighted by Crippen LogP contribution is -2.39. The fourth-order valence-corrected chi connectivity index (χ4v) is 2.23. The smallest absolute Gasteiger partial charge is 0.320 e. The molecule has 0 fully saturated rings. The molecule has 3 N–H and O–H groups in total. The molecule has 0 aliphatic carbocycles. The zero-order valence-corrected chi connectivity index (χ0v) is 12.9. The zero-order chi connectivity index (χ0) is 15.2. The van der Waals surface area contributed by atoms with Gasteiger partial charge in [-0.15, -0.1) is 0 Å². The minimum atomic E-state index is -0.257. The minimum Gasteiger partial charge on any atom is -0.396 e. The summed E-state index contributed by atoms with van der Waals surface area (Å²) in [6, 6.07) is 1.56. The van der Waals surface area contributed by atoms with Crippen molar-refractivity contribution in [3.63, 3.8) is 0 Å². The molecule has 1 aromatic heterocycles. The van der Waals surface area contributed by atoms with Crippen molar-refractivity contribution >= 4 is 11.8 Å². The van der Waals surface area contributed by atoms with Gasteiger partial charge in [0.25, 0.3) is 0 Å². The first kappa shape index (κ1) is 16.5. The van der Waals surface area contributed by atoms with E-state index >= 15 is 0 Å². The molecule has 0 aliphatic heterocycles. The van der Waals surface area contributed by atoms with Crippen LogP contribution in [-0.4, -0.2) is 34.1 Å². The molecule has 114 valence electrons. The summed E-state index contributed by atoms with van der Waals surface area (Å²) in [4.78, 5) is 11.9. The molecule has 2 amide bonds. The third-order valence-electron chi connectivity index (χ3n) is 4.12. The van der Waals surface area contributed by atoms with Crippen LogP contribution in [0.25, 0.3) is 0 Å². The molecule has 0 radical (unpaired) electrons.